The summed E-state index contributed by atoms with van der Waals surface area (Å²) in [5.41, 5.74) is 2.00. The molecule has 0 saturated heterocycles. The zero-order valence-corrected chi connectivity index (χ0v) is 13.8. The molecule has 0 aliphatic rings. The molecule has 0 saturated carbocycles. The minimum absolute atomic E-state index is 0.0553. The lowest BCUT2D eigenvalue weighted by molar-refractivity contribution is -0.382. The minimum Gasteiger partial charge on any atom is -0.421 e. The summed E-state index contributed by atoms with van der Waals surface area (Å²) in [6.45, 7) is 1.73. The summed E-state index contributed by atoms with van der Waals surface area (Å²) in [6, 6.07) is 18.1. The Kier molecular flexibility index (Phi) is 3.81. The molecule has 0 aliphatic carbocycles. The second-order valence-electron chi connectivity index (χ2n) is 5.77. The van der Waals surface area contributed by atoms with E-state index in [0.29, 0.717) is 22.9 Å². The second-order valence-corrected chi connectivity index (χ2v) is 5.77. The first-order valence-corrected chi connectivity index (χ1v) is 7.95. The number of nitrogens with one attached hydrogen (secondary N) is 1. The zero-order valence-electron chi connectivity index (χ0n) is 13.8. The smallest absolute Gasteiger partial charge is 0.300 e. The van der Waals surface area contributed by atoms with Crippen LogP contribution < -0.4 is 5.32 Å². The van der Waals surface area contributed by atoms with E-state index in [1.54, 1.807) is 25.1 Å². The van der Waals surface area contributed by atoms with Gasteiger partial charge in [-0.05, 0) is 41.8 Å². The molecular formula is C19H14N4O3. The van der Waals surface area contributed by atoms with Gasteiger partial charge >= 0.3 is 0 Å². The van der Waals surface area contributed by atoms with E-state index in [1.165, 1.54) is 0 Å². The molecule has 0 bridgehead atoms. The Hall–Kier alpha value is -3.74. The molecule has 1 aromatic heterocycles. The first-order valence-electron chi connectivity index (χ1n) is 7.95. The first kappa shape index (κ1) is 15.8. The molecule has 0 aliphatic heterocycles. The van der Waals surface area contributed by atoms with Crippen molar-refractivity contribution in [1.29, 1.82) is 0 Å². The van der Waals surface area contributed by atoms with Crippen molar-refractivity contribution in [3.63, 3.8) is 0 Å². The molecule has 0 amide bonds. The number of nitrogens with zero attached hydrogens (tertiary/aromatic N) is 3. The highest BCUT2D eigenvalue weighted by Crippen LogP contribution is 2.35. The van der Waals surface area contributed by atoms with E-state index < -0.39 is 0 Å². The number of hydrogen-bond acceptors (Lipinski definition) is 6. The third-order valence-electron chi connectivity index (χ3n) is 4.02. The van der Waals surface area contributed by atoms with Crippen molar-refractivity contribution in [2.24, 2.45) is 0 Å². The van der Waals surface area contributed by atoms with Gasteiger partial charge in [0.2, 0.25) is 11.8 Å². The van der Waals surface area contributed by atoms with Crippen LogP contribution in [-0.4, -0.2) is 15.1 Å². The van der Waals surface area contributed by atoms with Crippen LogP contribution >= 0.6 is 0 Å². The predicted molar refractivity (Wildman–Crippen MR) is 98.4 cm³/mol. The van der Waals surface area contributed by atoms with E-state index in [-0.39, 0.29) is 10.6 Å². The normalized spacial score (nSPS) is 10.8. The summed E-state index contributed by atoms with van der Waals surface area (Å²) in [5.74, 6) is 0.930. The van der Waals surface area contributed by atoms with Crippen LogP contribution in [0.2, 0.25) is 0 Å². The Labute approximate surface area is 148 Å². The molecule has 0 unspecified atom stereocenters. The van der Waals surface area contributed by atoms with Crippen LogP contribution in [0.25, 0.3) is 22.2 Å². The highest BCUT2D eigenvalue weighted by molar-refractivity contribution is 5.97. The van der Waals surface area contributed by atoms with Crippen LogP contribution in [0, 0.1) is 17.0 Å². The molecule has 0 fully saturated rings. The van der Waals surface area contributed by atoms with E-state index in [2.05, 4.69) is 15.5 Å². The average Bonchev–Trinajstić information content (AvgIpc) is 3.08. The van der Waals surface area contributed by atoms with Gasteiger partial charge in [0.05, 0.1) is 10.3 Å². The summed E-state index contributed by atoms with van der Waals surface area (Å²) in [5, 5.41) is 23.9. The molecule has 1 heterocycles. The lowest BCUT2D eigenvalue weighted by Crippen LogP contribution is -1.98. The van der Waals surface area contributed by atoms with Crippen molar-refractivity contribution in [3.8, 4) is 11.5 Å². The number of fused-ring (bicyclic) bond motifs is 1. The highest BCUT2D eigenvalue weighted by Gasteiger charge is 2.18. The Balaban J connectivity index is 1.69. The van der Waals surface area contributed by atoms with Gasteiger partial charge in [-0.3, -0.25) is 10.1 Å². The summed E-state index contributed by atoms with van der Waals surface area (Å²) in [6.07, 6.45) is 0. The standard InChI is InChI=1S/C19H14N4O3/c1-12-21-22-19(26-12)14-6-9-15(10-7-14)20-17-11-8-13-4-2-3-5-16(13)18(17)23(24)25/h2-11,20H,1H3. The van der Waals surface area contributed by atoms with Crippen LogP contribution in [-0.2, 0) is 0 Å². The molecule has 0 radical (unpaired) electrons. The lowest BCUT2D eigenvalue weighted by Gasteiger charge is -2.09. The van der Waals surface area contributed by atoms with Gasteiger partial charge in [-0.25, -0.2) is 0 Å². The number of benzene rings is 3. The Bertz CT molecular complexity index is 1100. The third-order valence-corrected chi connectivity index (χ3v) is 4.02. The summed E-state index contributed by atoms with van der Waals surface area (Å²) < 4.78 is 5.39. The predicted octanol–water partition coefficient (Wildman–Crippen LogP) is 4.85. The van der Waals surface area contributed by atoms with E-state index >= 15 is 0 Å². The van der Waals surface area contributed by atoms with Crippen LogP contribution in [0.4, 0.5) is 17.1 Å². The van der Waals surface area contributed by atoms with Crippen LogP contribution in [0.15, 0.2) is 65.1 Å². The molecule has 4 rings (SSSR count). The second kappa shape index (κ2) is 6.29. The maximum Gasteiger partial charge on any atom is 0.300 e. The van der Waals surface area contributed by atoms with Gasteiger partial charge in [0.25, 0.3) is 5.69 Å². The molecule has 0 atom stereocenters. The van der Waals surface area contributed by atoms with Crippen LogP contribution in [0.1, 0.15) is 5.89 Å². The number of rotatable bonds is 4. The third kappa shape index (κ3) is 2.86. The van der Waals surface area contributed by atoms with Crippen molar-refractivity contribution < 1.29 is 9.34 Å². The molecule has 7 heteroatoms. The molecule has 4 aromatic rings. The van der Waals surface area contributed by atoms with Crippen molar-refractivity contribution in [3.05, 3.63) is 76.7 Å². The first-order chi connectivity index (χ1) is 12.6. The van der Waals surface area contributed by atoms with Gasteiger partial charge < -0.3 is 9.73 Å². The van der Waals surface area contributed by atoms with E-state index in [1.807, 2.05) is 42.5 Å². The van der Waals surface area contributed by atoms with Crippen molar-refractivity contribution in [1.82, 2.24) is 10.2 Å². The molecule has 7 nitrogen and oxygen atoms in total. The Morgan fingerprint density at radius 2 is 1.77 bits per heavy atom. The Morgan fingerprint density at radius 1 is 1.00 bits per heavy atom. The van der Waals surface area contributed by atoms with Gasteiger partial charge in [0.15, 0.2) is 0 Å². The zero-order chi connectivity index (χ0) is 18.1. The van der Waals surface area contributed by atoms with Gasteiger partial charge in [0, 0.05) is 18.2 Å². The average molecular weight is 346 g/mol. The molecule has 128 valence electrons. The number of aryl methyl sites for hydroxylation is 1. The molecule has 1 N–H and O–H groups in total. The SMILES string of the molecule is Cc1nnc(-c2ccc(Nc3ccc4ccccc4c3[N+](=O)[O-])cc2)o1. The van der Waals surface area contributed by atoms with E-state index in [4.69, 9.17) is 4.42 Å². The fraction of sp³-hybridized carbons (Fsp3) is 0.0526. The topological polar surface area (TPSA) is 94.1 Å². The summed E-state index contributed by atoms with van der Waals surface area (Å²) >= 11 is 0. The lowest BCUT2D eigenvalue weighted by atomic mass is 10.1. The number of nitro benzene ring substituents is 1. The van der Waals surface area contributed by atoms with Gasteiger partial charge in [0.1, 0.15) is 5.69 Å². The fourth-order valence-corrected chi connectivity index (χ4v) is 2.82. The summed E-state index contributed by atoms with van der Waals surface area (Å²) in [7, 11) is 0. The molecule has 0 spiro atoms. The maximum absolute atomic E-state index is 11.6. The van der Waals surface area contributed by atoms with Gasteiger partial charge in [-0.1, -0.05) is 24.3 Å². The number of anilines is 2. The quantitative estimate of drug-likeness (QED) is 0.419. The van der Waals surface area contributed by atoms with E-state index in [0.717, 1.165) is 16.6 Å². The minimum atomic E-state index is -0.361. The summed E-state index contributed by atoms with van der Waals surface area (Å²) in [4.78, 5) is 11.2. The molecule has 26 heavy (non-hydrogen) atoms. The van der Waals surface area contributed by atoms with Crippen molar-refractivity contribution in [2.45, 2.75) is 6.92 Å². The maximum atomic E-state index is 11.6. The Morgan fingerprint density at radius 3 is 2.46 bits per heavy atom. The van der Waals surface area contributed by atoms with Crippen molar-refractivity contribution in [2.75, 3.05) is 5.32 Å². The van der Waals surface area contributed by atoms with Crippen LogP contribution in [0.3, 0.4) is 0 Å². The molecule has 3 aromatic carbocycles. The number of nitro groups is 1. The van der Waals surface area contributed by atoms with E-state index in [9.17, 15) is 10.1 Å². The van der Waals surface area contributed by atoms with Crippen LogP contribution in [0.5, 0.6) is 0 Å². The fourth-order valence-electron chi connectivity index (χ4n) is 2.82. The molecular weight excluding hydrogens is 332 g/mol. The van der Waals surface area contributed by atoms with Crippen molar-refractivity contribution >= 4 is 27.8 Å². The number of aromatic nitrogens is 2. The highest BCUT2D eigenvalue weighted by atomic mass is 16.6. The van der Waals surface area contributed by atoms with Gasteiger partial charge in [-0.15, -0.1) is 10.2 Å². The largest absolute Gasteiger partial charge is 0.421 e. The van der Waals surface area contributed by atoms with Gasteiger partial charge in [-0.2, -0.15) is 0 Å². The number of hydrogen-bond donors (Lipinski definition) is 1. The monoisotopic (exact) mass is 346 g/mol.